The van der Waals surface area contributed by atoms with Crippen LogP contribution in [0.15, 0.2) is 60.7 Å². The van der Waals surface area contributed by atoms with Crippen LogP contribution in [0.25, 0.3) is 21.8 Å². The molecule has 0 bridgehead atoms. The lowest BCUT2D eigenvalue weighted by Gasteiger charge is -2.08. The molecule has 0 aliphatic rings. The number of hydrogen-bond acceptors (Lipinski definition) is 4. The van der Waals surface area contributed by atoms with Crippen LogP contribution >= 0.6 is 11.6 Å². The van der Waals surface area contributed by atoms with E-state index >= 15 is 0 Å². The van der Waals surface area contributed by atoms with Crippen LogP contribution in [0.2, 0.25) is 5.02 Å². The number of benzene rings is 3. The minimum Gasteiger partial charge on any atom is -0.385 e. The summed E-state index contributed by atoms with van der Waals surface area (Å²) in [6.45, 7) is -0.197. The molecule has 0 aliphatic carbocycles. The van der Waals surface area contributed by atoms with E-state index in [0.717, 1.165) is 10.8 Å². The van der Waals surface area contributed by atoms with Gasteiger partial charge in [0.05, 0.1) is 0 Å². The number of hydrogen-bond donors (Lipinski definition) is 1. The first-order valence-electron chi connectivity index (χ1n) is 7.62. The van der Waals surface area contributed by atoms with Crippen molar-refractivity contribution in [3.8, 4) is 0 Å². The van der Waals surface area contributed by atoms with Gasteiger partial charge in [-0.2, -0.15) is 0 Å². The van der Waals surface area contributed by atoms with Crippen LogP contribution in [-0.2, 0) is 4.79 Å². The van der Waals surface area contributed by atoms with Gasteiger partial charge in [-0.15, -0.1) is 5.10 Å². The zero-order valence-electron chi connectivity index (χ0n) is 13.0. The van der Waals surface area contributed by atoms with Crippen molar-refractivity contribution in [1.29, 1.82) is 0 Å². The number of carbonyl (C=O) groups excluding carboxylic acids is 1. The Morgan fingerprint density at radius 2 is 1.92 bits per heavy atom. The summed E-state index contributed by atoms with van der Waals surface area (Å²) in [5.41, 5.74) is 1.95. The summed E-state index contributed by atoms with van der Waals surface area (Å²) < 4.78 is 0. The van der Waals surface area contributed by atoms with Crippen LogP contribution < -0.4 is 10.2 Å². The number of carbonyl (C=O) groups is 1. The van der Waals surface area contributed by atoms with E-state index < -0.39 is 0 Å². The number of fused-ring (bicyclic) bond motifs is 2. The molecule has 0 radical (unpaired) electrons. The molecule has 0 fully saturated rings. The van der Waals surface area contributed by atoms with E-state index in [4.69, 9.17) is 16.4 Å². The third-order valence-corrected chi connectivity index (χ3v) is 3.96. The quantitative estimate of drug-likeness (QED) is 0.612. The summed E-state index contributed by atoms with van der Waals surface area (Å²) in [7, 11) is 0. The number of rotatable bonds is 4. The fraction of sp³-hybridized carbons (Fsp3) is 0.0556. The summed E-state index contributed by atoms with van der Waals surface area (Å²) in [6, 6.07) is 18.8. The zero-order chi connectivity index (χ0) is 17.2. The van der Waals surface area contributed by atoms with Gasteiger partial charge in [0.1, 0.15) is 11.0 Å². The van der Waals surface area contributed by atoms with Gasteiger partial charge in [0.2, 0.25) is 0 Å². The molecule has 3 aromatic carbocycles. The minimum atomic E-state index is -0.291. The maximum Gasteiger partial charge on any atom is 0.265 e. The van der Waals surface area contributed by atoms with Gasteiger partial charge in [-0.1, -0.05) is 46.8 Å². The molecule has 0 aliphatic heterocycles. The molecule has 0 spiro atoms. The smallest absolute Gasteiger partial charge is 0.265 e. The normalized spacial score (nSPS) is 10.9. The second-order valence-electron chi connectivity index (χ2n) is 5.48. The monoisotopic (exact) mass is 352 g/mol. The molecule has 25 heavy (non-hydrogen) atoms. The van der Waals surface area contributed by atoms with Gasteiger partial charge < -0.3 is 10.2 Å². The molecule has 1 heterocycles. The Hall–Kier alpha value is -3.12. The maximum absolute atomic E-state index is 12.1. The van der Waals surface area contributed by atoms with Crippen molar-refractivity contribution < 1.29 is 9.63 Å². The molecule has 0 saturated carbocycles. The average Bonchev–Trinajstić information content (AvgIpc) is 3.02. The lowest BCUT2D eigenvalue weighted by atomic mass is 10.1. The summed E-state index contributed by atoms with van der Waals surface area (Å²) in [6.07, 6.45) is 0. The van der Waals surface area contributed by atoms with Crippen LogP contribution in [-0.4, -0.2) is 27.7 Å². The van der Waals surface area contributed by atoms with E-state index in [1.54, 1.807) is 18.2 Å². The van der Waals surface area contributed by atoms with Gasteiger partial charge in [-0.05, 0) is 46.3 Å². The van der Waals surface area contributed by atoms with Gasteiger partial charge in [0.15, 0.2) is 6.61 Å². The third kappa shape index (κ3) is 3.25. The maximum atomic E-state index is 12.1. The first-order valence-corrected chi connectivity index (χ1v) is 8.00. The first kappa shape index (κ1) is 15.4. The molecule has 4 rings (SSSR count). The summed E-state index contributed by atoms with van der Waals surface area (Å²) in [5.74, 6) is -0.291. The molecule has 0 saturated heterocycles. The number of nitrogens with one attached hydrogen (secondary N) is 1. The highest BCUT2D eigenvalue weighted by molar-refractivity contribution is 6.31. The van der Waals surface area contributed by atoms with E-state index in [2.05, 4.69) is 15.6 Å². The predicted molar refractivity (Wildman–Crippen MR) is 96.6 cm³/mol. The summed E-state index contributed by atoms with van der Waals surface area (Å²) >= 11 is 5.96. The Morgan fingerprint density at radius 1 is 1.08 bits per heavy atom. The van der Waals surface area contributed by atoms with Gasteiger partial charge >= 0.3 is 0 Å². The molecule has 0 atom stereocenters. The molecular formula is C18H13ClN4O2. The van der Waals surface area contributed by atoms with Crippen molar-refractivity contribution in [3.05, 3.63) is 65.7 Å². The van der Waals surface area contributed by atoms with Crippen LogP contribution in [0.3, 0.4) is 0 Å². The molecule has 1 N–H and O–H groups in total. The lowest BCUT2D eigenvalue weighted by molar-refractivity contribution is -0.121. The molecule has 0 unspecified atom stereocenters. The van der Waals surface area contributed by atoms with Crippen molar-refractivity contribution in [2.45, 2.75) is 0 Å². The molecule has 1 amide bonds. The SMILES string of the molecule is O=C(COn1nnc2ccc(Cl)cc21)Nc1ccc2ccccc2c1. The van der Waals surface area contributed by atoms with Crippen molar-refractivity contribution >= 4 is 45.0 Å². The third-order valence-electron chi connectivity index (χ3n) is 3.73. The van der Waals surface area contributed by atoms with Gasteiger partial charge in [-0.3, -0.25) is 4.79 Å². The Labute approximate surface area is 147 Å². The van der Waals surface area contributed by atoms with E-state index in [1.165, 1.54) is 4.85 Å². The van der Waals surface area contributed by atoms with E-state index in [1.807, 2.05) is 42.5 Å². The fourth-order valence-electron chi connectivity index (χ4n) is 2.55. The molecule has 1 aromatic heterocycles. The van der Waals surface area contributed by atoms with Crippen LogP contribution in [0.4, 0.5) is 5.69 Å². The first-order chi connectivity index (χ1) is 12.2. The highest BCUT2D eigenvalue weighted by Gasteiger charge is 2.09. The number of aromatic nitrogens is 3. The number of amides is 1. The number of anilines is 1. The second-order valence-corrected chi connectivity index (χ2v) is 5.92. The van der Waals surface area contributed by atoms with Crippen LogP contribution in [0.1, 0.15) is 0 Å². The van der Waals surface area contributed by atoms with Crippen molar-refractivity contribution in [3.63, 3.8) is 0 Å². The second kappa shape index (κ2) is 6.41. The summed E-state index contributed by atoms with van der Waals surface area (Å²) in [5, 5.41) is 13.3. The number of halogens is 1. The number of nitrogens with zero attached hydrogens (tertiary/aromatic N) is 3. The molecular weight excluding hydrogens is 340 g/mol. The topological polar surface area (TPSA) is 69.0 Å². The minimum absolute atomic E-state index is 0.197. The Morgan fingerprint density at radius 3 is 2.80 bits per heavy atom. The Balaban J connectivity index is 1.45. The van der Waals surface area contributed by atoms with E-state index in [0.29, 0.717) is 21.7 Å². The fourth-order valence-corrected chi connectivity index (χ4v) is 2.72. The van der Waals surface area contributed by atoms with Crippen molar-refractivity contribution in [2.24, 2.45) is 0 Å². The summed E-state index contributed by atoms with van der Waals surface area (Å²) in [4.78, 5) is 18.7. The van der Waals surface area contributed by atoms with Crippen molar-refractivity contribution in [1.82, 2.24) is 15.2 Å². The Kier molecular flexibility index (Phi) is 3.95. The van der Waals surface area contributed by atoms with E-state index in [9.17, 15) is 4.79 Å². The zero-order valence-corrected chi connectivity index (χ0v) is 13.8. The van der Waals surface area contributed by atoms with Gasteiger partial charge in [-0.25, -0.2) is 0 Å². The molecule has 4 aromatic rings. The lowest BCUT2D eigenvalue weighted by Crippen LogP contribution is -2.26. The van der Waals surface area contributed by atoms with Crippen LogP contribution in [0, 0.1) is 0 Å². The van der Waals surface area contributed by atoms with E-state index in [-0.39, 0.29) is 12.5 Å². The highest BCUT2D eigenvalue weighted by atomic mass is 35.5. The van der Waals surface area contributed by atoms with Gasteiger partial charge in [0, 0.05) is 10.7 Å². The largest absolute Gasteiger partial charge is 0.385 e. The van der Waals surface area contributed by atoms with Crippen LogP contribution in [0.5, 0.6) is 0 Å². The average molecular weight is 353 g/mol. The van der Waals surface area contributed by atoms with Crippen molar-refractivity contribution in [2.75, 3.05) is 11.9 Å². The standard InChI is InChI=1S/C18H13ClN4O2/c19-14-6-8-16-17(10-14)23(22-21-16)25-11-18(24)20-15-7-5-12-3-1-2-4-13(12)9-15/h1-10H,11H2,(H,20,24). The molecule has 124 valence electrons. The molecule has 6 nitrogen and oxygen atoms in total. The predicted octanol–water partition coefficient (Wildman–Crippen LogP) is 3.31. The molecule has 7 heteroatoms. The highest BCUT2D eigenvalue weighted by Crippen LogP contribution is 2.19. The Bertz CT molecular complexity index is 1080. The van der Waals surface area contributed by atoms with Gasteiger partial charge in [0.25, 0.3) is 5.91 Å².